The molecule has 220 valence electrons. The minimum absolute atomic E-state index is 0.0223. The summed E-state index contributed by atoms with van der Waals surface area (Å²) in [7, 11) is 0. The van der Waals surface area contributed by atoms with Gasteiger partial charge in [-0.3, -0.25) is 0 Å². The lowest BCUT2D eigenvalue weighted by Crippen LogP contribution is -2.26. The molecule has 1 N–H and O–H groups in total. The number of rotatable bonds is 9. The Labute approximate surface area is 252 Å². The molecule has 2 aliphatic carbocycles. The third kappa shape index (κ3) is 11.7. The van der Waals surface area contributed by atoms with E-state index in [1.807, 2.05) is 37.3 Å². The number of aliphatic hydroxyl groups is 1. The molecule has 0 aromatic heterocycles. The summed E-state index contributed by atoms with van der Waals surface area (Å²) in [5.74, 6) is 6.76. The van der Waals surface area contributed by atoms with Gasteiger partial charge >= 0.3 is 0 Å². The van der Waals surface area contributed by atoms with Gasteiger partial charge in [-0.05, 0) is 112 Å². The minimum atomic E-state index is 0.0223. The van der Waals surface area contributed by atoms with Gasteiger partial charge in [0.25, 0.3) is 0 Å². The lowest BCUT2D eigenvalue weighted by Gasteiger charge is -2.36. The highest BCUT2D eigenvalue weighted by Crippen LogP contribution is 2.42. The molecule has 0 saturated heterocycles. The second-order valence-corrected chi connectivity index (χ2v) is 13.2. The van der Waals surface area contributed by atoms with E-state index < -0.39 is 0 Å². The number of aliphatic hydroxyl groups excluding tert-OH is 1. The van der Waals surface area contributed by atoms with Crippen LogP contribution >= 0.6 is 0 Å². The molecule has 41 heavy (non-hydrogen) atoms. The molecule has 1 nitrogen and oxygen atoms in total. The first-order chi connectivity index (χ1) is 19.4. The Morgan fingerprint density at radius 1 is 0.878 bits per heavy atom. The summed E-state index contributed by atoms with van der Waals surface area (Å²) in [4.78, 5) is 0. The van der Waals surface area contributed by atoms with Gasteiger partial charge in [0.2, 0.25) is 0 Å². The molecule has 0 amide bonds. The topological polar surface area (TPSA) is 20.2 Å². The van der Waals surface area contributed by atoms with Gasteiger partial charge in [0, 0.05) is 5.92 Å². The fourth-order valence-electron chi connectivity index (χ4n) is 5.73. The van der Waals surface area contributed by atoms with Crippen LogP contribution in [0.25, 0.3) is 0 Å². The average Bonchev–Trinajstić information content (AvgIpc) is 2.88. The Bertz CT molecular complexity index is 1280. The summed E-state index contributed by atoms with van der Waals surface area (Å²) < 4.78 is 0. The Morgan fingerprint density at radius 2 is 1.51 bits per heavy atom. The maximum absolute atomic E-state index is 9.82. The predicted molar refractivity (Wildman–Crippen MR) is 181 cm³/mol. The van der Waals surface area contributed by atoms with Crippen molar-refractivity contribution in [1.82, 2.24) is 0 Å². The van der Waals surface area contributed by atoms with Crippen LogP contribution in [-0.4, -0.2) is 11.7 Å². The molecule has 0 aromatic rings. The second kappa shape index (κ2) is 16.4. The van der Waals surface area contributed by atoms with Crippen LogP contribution in [-0.2, 0) is 0 Å². The molecule has 0 bridgehead atoms. The largest absolute Gasteiger partial charge is 0.392 e. The summed E-state index contributed by atoms with van der Waals surface area (Å²) >= 11 is 0. The highest BCUT2D eigenvalue weighted by Gasteiger charge is 2.30. The average molecular weight is 551 g/mol. The summed E-state index contributed by atoms with van der Waals surface area (Å²) in [6.45, 7) is 20.2. The van der Waals surface area contributed by atoms with Gasteiger partial charge in [0.05, 0.1) is 6.61 Å². The molecule has 0 spiro atoms. The lowest BCUT2D eigenvalue weighted by atomic mass is 9.68. The third-order valence-corrected chi connectivity index (χ3v) is 8.40. The van der Waals surface area contributed by atoms with Crippen LogP contribution in [0.15, 0.2) is 118 Å². The molecule has 0 aliphatic heterocycles. The number of hydrogen-bond donors (Lipinski definition) is 1. The fourth-order valence-corrected chi connectivity index (χ4v) is 5.73. The van der Waals surface area contributed by atoms with E-state index in [9.17, 15) is 5.11 Å². The van der Waals surface area contributed by atoms with Crippen LogP contribution in [0.5, 0.6) is 0 Å². The van der Waals surface area contributed by atoms with Crippen LogP contribution < -0.4 is 0 Å². The van der Waals surface area contributed by atoms with Crippen molar-refractivity contribution in [1.29, 1.82) is 0 Å². The van der Waals surface area contributed by atoms with E-state index in [-0.39, 0.29) is 12.0 Å². The molecular formula is C40H54O. The van der Waals surface area contributed by atoms with Crippen LogP contribution in [0, 0.1) is 28.6 Å². The van der Waals surface area contributed by atoms with E-state index in [1.165, 1.54) is 54.4 Å². The van der Waals surface area contributed by atoms with Crippen LogP contribution in [0.4, 0.5) is 0 Å². The molecule has 2 rings (SSSR count). The maximum atomic E-state index is 9.82. The van der Waals surface area contributed by atoms with Crippen molar-refractivity contribution in [3.63, 3.8) is 0 Å². The van der Waals surface area contributed by atoms with Crippen molar-refractivity contribution >= 4 is 0 Å². The summed E-state index contributed by atoms with van der Waals surface area (Å²) in [5, 5.41) is 9.82. The van der Waals surface area contributed by atoms with Crippen molar-refractivity contribution in [2.24, 2.45) is 16.7 Å². The molecule has 0 unspecified atom stereocenters. The molecule has 1 atom stereocenters. The van der Waals surface area contributed by atoms with Gasteiger partial charge in [-0.15, -0.1) is 0 Å². The first-order valence-corrected chi connectivity index (χ1v) is 15.3. The molecule has 0 radical (unpaired) electrons. The zero-order valence-electron chi connectivity index (χ0n) is 27.3. The van der Waals surface area contributed by atoms with Gasteiger partial charge in [0.15, 0.2) is 0 Å². The number of hydrogen-bond acceptors (Lipinski definition) is 1. The van der Waals surface area contributed by atoms with Crippen molar-refractivity contribution in [2.75, 3.05) is 6.61 Å². The van der Waals surface area contributed by atoms with Crippen molar-refractivity contribution in [2.45, 2.75) is 94.4 Å². The summed E-state index contributed by atoms with van der Waals surface area (Å²) in [6, 6.07) is 0. The first-order valence-electron chi connectivity index (χ1n) is 15.3. The van der Waals surface area contributed by atoms with E-state index in [2.05, 4.69) is 116 Å². The monoisotopic (exact) mass is 550 g/mol. The second-order valence-electron chi connectivity index (χ2n) is 13.2. The van der Waals surface area contributed by atoms with E-state index in [0.29, 0.717) is 11.3 Å². The fraction of sp³-hybridized carbons (Fsp3) is 0.450. The van der Waals surface area contributed by atoms with Gasteiger partial charge in [-0.25, -0.2) is 0 Å². The van der Waals surface area contributed by atoms with Crippen LogP contribution in [0.1, 0.15) is 94.4 Å². The standard InChI is InChI=1S/C40H54O/c1-31(18-12-19-33(3)24-26-37-34(4)21-14-28-39(37,6)7)16-10-11-17-32(2)20-13-23-36(30-41)25-27-38-35(5)22-15-29-40(38,8)9/h12-13,16-21,23-27,37,41H,14-15,22,28-30H2,1-9H3/b18-12+,20-13+,26-24+,27-25+,31-16+,32-17+,33-19+,36-23-/t37-/m0/s1. The molecule has 0 saturated carbocycles. The number of allylic oxidation sites excluding steroid dienone is 18. The van der Waals surface area contributed by atoms with Gasteiger partial charge < -0.3 is 5.11 Å². The third-order valence-electron chi connectivity index (χ3n) is 8.40. The van der Waals surface area contributed by atoms with Gasteiger partial charge in [0.1, 0.15) is 0 Å². The highest BCUT2D eigenvalue weighted by atomic mass is 16.3. The highest BCUT2D eigenvalue weighted by molar-refractivity contribution is 5.39. The maximum Gasteiger partial charge on any atom is 0.0681 e. The Kier molecular flexibility index (Phi) is 13.6. The Balaban J connectivity index is 1.94. The molecule has 1 heteroatoms. The molecule has 0 aromatic carbocycles. The minimum Gasteiger partial charge on any atom is -0.392 e. The van der Waals surface area contributed by atoms with Crippen LogP contribution in [0.3, 0.4) is 0 Å². The van der Waals surface area contributed by atoms with Crippen molar-refractivity contribution in [3.8, 4) is 11.8 Å². The lowest BCUT2D eigenvalue weighted by molar-refractivity contribution is 0.255. The zero-order valence-corrected chi connectivity index (χ0v) is 27.3. The Morgan fingerprint density at radius 3 is 2.10 bits per heavy atom. The van der Waals surface area contributed by atoms with E-state index >= 15 is 0 Å². The van der Waals surface area contributed by atoms with E-state index in [1.54, 1.807) is 0 Å². The molecule has 0 fully saturated rings. The van der Waals surface area contributed by atoms with Crippen molar-refractivity contribution in [3.05, 3.63) is 118 Å². The first kappa shape index (κ1) is 34.1. The smallest absolute Gasteiger partial charge is 0.0681 e. The van der Waals surface area contributed by atoms with E-state index in [4.69, 9.17) is 0 Å². The summed E-state index contributed by atoms with van der Waals surface area (Å²) in [6.07, 6.45) is 33.5. The molecule has 2 aliphatic rings. The predicted octanol–water partition coefficient (Wildman–Crippen LogP) is 10.9. The molecular weight excluding hydrogens is 496 g/mol. The van der Waals surface area contributed by atoms with Crippen molar-refractivity contribution < 1.29 is 5.11 Å². The van der Waals surface area contributed by atoms with Crippen LogP contribution in [0.2, 0.25) is 0 Å². The normalized spacial score (nSPS) is 22.7. The quantitative estimate of drug-likeness (QED) is 0.172. The van der Waals surface area contributed by atoms with Gasteiger partial charge in [-0.1, -0.05) is 123 Å². The molecule has 0 heterocycles. The van der Waals surface area contributed by atoms with Gasteiger partial charge in [-0.2, -0.15) is 0 Å². The SMILES string of the molecule is CC1=CCCC(C)(C)[C@H]1/C=C/C(C)=C/C=C/C(C)=C/C#C/C=C(C)/C=C/C=C(/C=C/C1=C(C)CCCC1(C)C)CO. The Hall–Kier alpha value is -3.08. The summed E-state index contributed by atoms with van der Waals surface area (Å²) in [5.41, 5.74) is 9.23. The zero-order chi connectivity index (χ0) is 30.5. The van der Waals surface area contributed by atoms with E-state index in [0.717, 1.165) is 16.7 Å².